The molecule has 2 fully saturated rings. The second-order valence-electron chi connectivity index (χ2n) is 10.2. The van der Waals surface area contributed by atoms with Crippen LogP contribution in [-0.2, 0) is 19.1 Å². The molecule has 1 heterocycles. The Morgan fingerprint density at radius 2 is 1.37 bits per heavy atom. The van der Waals surface area contributed by atoms with E-state index in [2.05, 4.69) is 29.2 Å². The third-order valence-electron chi connectivity index (χ3n) is 9.39. The summed E-state index contributed by atoms with van der Waals surface area (Å²) in [5, 5.41) is 0. The number of aromatic nitrogens is 2. The van der Waals surface area contributed by atoms with Gasteiger partial charge in [-0.05, 0) is 41.2 Å². The van der Waals surface area contributed by atoms with E-state index >= 15 is 0 Å². The van der Waals surface area contributed by atoms with Crippen molar-refractivity contribution in [3.8, 4) is 11.9 Å². The van der Waals surface area contributed by atoms with E-state index in [1.54, 1.807) is 14.2 Å². The van der Waals surface area contributed by atoms with Gasteiger partial charge in [0.2, 0.25) is 5.88 Å². The molecular formula is C27H26N2O6. The second-order valence-corrected chi connectivity index (χ2v) is 10.2. The fraction of sp³-hybridized carbons (Fsp3) is 0.481. The van der Waals surface area contributed by atoms with Crippen LogP contribution in [0.15, 0.2) is 35.4 Å². The number of benzene rings is 1. The lowest BCUT2D eigenvalue weighted by molar-refractivity contribution is -0.144. The Balaban J connectivity index is 1.44. The third-order valence-corrected chi connectivity index (χ3v) is 9.39. The molecule has 1 aromatic heterocycles. The summed E-state index contributed by atoms with van der Waals surface area (Å²) in [7, 11) is 5.95. The Hall–Kier alpha value is -3.42. The molecule has 180 valence electrons. The first-order valence-electron chi connectivity index (χ1n) is 12.0. The summed E-state index contributed by atoms with van der Waals surface area (Å²) >= 11 is 0. The highest BCUT2D eigenvalue weighted by Gasteiger charge is 2.72. The fourth-order valence-corrected chi connectivity index (χ4v) is 8.60. The lowest BCUT2D eigenvalue weighted by atomic mass is 9.46. The molecule has 0 saturated heterocycles. The van der Waals surface area contributed by atoms with Crippen molar-refractivity contribution in [2.45, 2.75) is 18.3 Å². The Labute approximate surface area is 202 Å². The highest BCUT2D eigenvalue weighted by Crippen LogP contribution is 2.76. The Morgan fingerprint density at radius 1 is 0.800 bits per heavy atom. The number of carbonyl (C=O) groups excluding carboxylic acids is 2. The number of nitrogens with zero attached hydrogens (tertiary/aromatic N) is 2. The number of esters is 2. The van der Waals surface area contributed by atoms with Crippen molar-refractivity contribution < 1.29 is 28.5 Å². The van der Waals surface area contributed by atoms with Gasteiger partial charge in [-0.1, -0.05) is 24.3 Å². The van der Waals surface area contributed by atoms with E-state index in [-0.39, 0.29) is 35.5 Å². The number of methoxy groups -OCH3 is 4. The van der Waals surface area contributed by atoms with E-state index < -0.39 is 11.9 Å². The van der Waals surface area contributed by atoms with E-state index in [4.69, 9.17) is 23.9 Å². The van der Waals surface area contributed by atoms with E-state index in [1.165, 1.54) is 25.3 Å². The van der Waals surface area contributed by atoms with Crippen LogP contribution in [-0.4, -0.2) is 50.3 Å². The van der Waals surface area contributed by atoms with Gasteiger partial charge < -0.3 is 18.9 Å². The molecule has 2 aromatic rings. The molecule has 35 heavy (non-hydrogen) atoms. The summed E-state index contributed by atoms with van der Waals surface area (Å²) in [6, 6.07) is 8.87. The van der Waals surface area contributed by atoms with Gasteiger partial charge in [-0.2, -0.15) is 9.97 Å². The molecule has 1 aromatic carbocycles. The van der Waals surface area contributed by atoms with Crippen molar-refractivity contribution in [1.82, 2.24) is 9.97 Å². The standard InChI is InChI=1S/C27H26N2O6/c1-32-24-22-14-10-7-5-6-8-11(10)19(23(22)28-27(29-24)35-4)16-13-9-12(15(14)16)17-18(13)21(26(31)34-3)20(17)25(30)33-2/h5-8,12-19H,9H2,1-4H3/t12-,13+,14-,15-,16-,17-,18+,19+/m1/s1. The zero-order valence-corrected chi connectivity index (χ0v) is 20.0. The maximum Gasteiger partial charge on any atom is 0.334 e. The molecule has 8 atom stereocenters. The molecule has 8 rings (SSSR count). The zero-order valence-electron chi connectivity index (χ0n) is 20.0. The predicted molar refractivity (Wildman–Crippen MR) is 122 cm³/mol. The number of carbonyl (C=O) groups is 2. The van der Waals surface area contributed by atoms with Crippen molar-refractivity contribution in [2.24, 2.45) is 35.5 Å². The largest absolute Gasteiger partial charge is 0.481 e. The smallest absolute Gasteiger partial charge is 0.334 e. The van der Waals surface area contributed by atoms with Gasteiger partial charge in [0, 0.05) is 29.2 Å². The first kappa shape index (κ1) is 20.9. The van der Waals surface area contributed by atoms with E-state index in [0.717, 1.165) is 17.7 Å². The van der Waals surface area contributed by atoms with Crippen LogP contribution in [0.2, 0.25) is 0 Å². The number of fused-ring (bicyclic) bond motifs is 5. The highest BCUT2D eigenvalue weighted by atomic mass is 16.5. The molecule has 4 bridgehead atoms. The number of ether oxygens (including phenoxy) is 4. The molecule has 0 radical (unpaired) electrons. The average molecular weight is 475 g/mol. The molecule has 0 N–H and O–H groups in total. The van der Waals surface area contributed by atoms with Crippen molar-refractivity contribution in [2.75, 3.05) is 28.4 Å². The summed E-state index contributed by atoms with van der Waals surface area (Å²) in [6.07, 6.45) is 0.966. The quantitative estimate of drug-likeness (QED) is 0.624. The first-order chi connectivity index (χ1) is 17.0. The predicted octanol–water partition coefficient (Wildman–Crippen LogP) is 2.86. The summed E-state index contributed by atoms with van der Waals surface area (Å²) in [6.45, 7) is 0. The third kappa shape index (κ3) is 2.33. The number of rotatable bonds is 4. The minimum Gasteiger partial charge on any atom is -0.481 e. The molecule has 8 nitrogen and oxygen atoms in total. The minimum atomic E-state index is -0.414. The van der Waals surface area contributed by atoms with Gasteiger partial charge >= 0.3 is 17.9 Å². The van der Waals surface area contributed by atoms with Crippen molar-refractivity contribution in [3.05, 3.63) is 57.8 Å². The molecule has 0 aliphatic heterocycles. The van der Waals surface area contributed by atoms with Gasteiger partial charge in [-0.15, -0.1) is 0 Å². The molecule has 0 unspecified atom stereocenters. The SMILES string of the molecule is COC(=O)C1=C(C(=O)OC)[C@H]2[C@H]3C[C@@H]([C@@H]12)[C@@H]1[C@H]2c4ccccc4[C@H](c4nc(OC)nc(OC)c42)[C@H]31. The molecular weight excluding hydrogens is 448 g/mol. The fourth-order valence-electron chi connectivity index (χ4n) is 8.60. The lowest BCUT2D eigenvalue weighted by Crippen LogP contribution is -2.53. The normalized spacial score (nSPS) is 34.3. The van der Waals surface area contributed by atoms with Gasteiger partial charge in [0.05, 0.1) is 45.3 Å². The monoisotopic (exact) mass is 474 g/mol. The van der Waals surface area contributed by atoms with Gasteiger partial charge in [0.1, 0.15) is 0 Å². The highest BCUT2D eigenvalue weighted by molar-refractivity contribution is 6.04. The Kier molecular flexibility index (Phi) is 4.22. The molecule has 6 aliphatic rings. The summed E-state index contributed by atoms with van der Waals surface area (Å²) in [5.41, 5.74) is 5.62. The summed E-state index contributed by atoms with van der Waals surface area (Å²) < 4.78 is 21.4. The minimum absolute atomic E-state index is 0.0166. The van der Waals surface area contributed by atoms with Gasteiger partial charge in [-0.25, -0.2) is 9.59 Å². The van der Waals surface area contributed by atoms with E-state index in [1.807, 2.05) is 0 Å². The maximum atomic E-state index is 12.8. The van der Waals surface area contributed by atoms with Crippen molar-refractivity contribution >= 4 is 11.9 Å². The number of hydrogen-bond acceptors (Lipinski definition) is 8. The van der Waals surface area contributed by atoms with Crippen LogP contribution in [0.3, 0.4) is 0 Å². The van der Waals surface area contributed by atoms with Crippen molar-refractivity contribution in [1.29, 1.82) is 0 Å². The van der Waals surface area contributed by atoms with Crippen LogP contribution in [0.1, 0.15) is 40.6 Å². The van der Waals surface area contributed by atoms with Crippen LogP contribution in [0.25, 0.3) is 0 Å². The topological polar surface area (TPSA) is 96.8 Å². The van der Waals surface area contributed by atoms with Gasteiger partial charge in [0.15, 0.2) is 0 Å². The van der Waals surface area contributed by atoms with Crippen LogP contribution in [0, 0.1) is 35.5 Å². The van der Waals surface area contributed by atoms with Gasteiger partial charge in [0.25, 0.3) is 0 Å². The molecule has 6 aliphatic carbocycles. The Bertz CT molecular complexity index is 1330. The van der Waals surface area contributed by atoms with Gasteiger partial charge in [-0.3, -0.25) is 0 Å². The van der Waals surface area contributed by atoms with E-state index in [0.29, 0.717) is 34.9 Å². The van der Waals surface area contributed by atoms with E-state index in [9.17, 15) is 9.59 Å². The summed E-state index contributed by atoms with van der Waals surface area (Å²) in [5.74, 6) is 1.01. The molecule has 0 spiro atoms. The maximum absolute atomic E-state index is 12.8. The van der Waals surface area contributed by atoms with Crippen LogP contribution in [0.5, 0.6) is 11.9 Å². The second kappa shape index (κ2) is 7.06. The average Bonchev–Trinajstić information content (AvgIpc) is 3.41. The molecule has 2 saturated carbocycles. The number of hydrogen-bond donors (Lipinski definition) is 0. The van der Waals surface area contributed by atoms with Crippen LogP contribution in [0.4, 0.5) is 0 Å². The first-order valence-corrected chi connectivity index (χ1v) is 12.0. The lowest BCUT2D eigenvalue weighted by Gasteiger charge is -2.57. The molecule has 8 heteroatoms. The Morgan fingerprint density at radius 3 is 1.91 bits per heavy atom. The summed E-state index contributed by atoms with van der Waals surface area (Å²) in [4.78, 5) is 35.0. The van der Waals surface area contributed by atoms with Crippen molar-refractivity contribution in [3.63, 3.8) is 0 Å². The zero-order chi connectivity index (χ0) is 24.2. The van der Waals surface area contributed by atoms with Crippen LogP contribution >= 0.6 is 0 Å². The molecule has 0 amide bonds. The van der Waals surface area contributed by atoms with Crippen LogP contribution < -0.4 is 9.47 Å².